The molecular formula is C12H18N2O. The molecule has 0 spiro atoms. The van der Waals surface area contributed by atoms with Gasteiger partial charge in [-0.05, 0) is 38.0 Å². The molecule has 1 rings (SSSR count). The summed E-state index contributed by atoms with van der Waals surface area (Å²) in [6.45, 7) is 6.30. The Morgan fingerprint density at radius 3 is 2.73 bits per heavy atom. The van der Waals surface area contributed by atoms with E-state index in [4.69, 9.17) is 5.73 Å². The number of nitrogens with one attached hydrogen (secondary N) is 1. The predicted molar refractivity (Wildman–Crippen MR) is 61.9 cm³/mol. The third-order valence-corrected chi connectivity index (χ3v) is 2.58. The maximum absolute atomic E-state index is 11.8. The molecule has 0 aliphatic carbocycles. The average molecular weight is 206 g/mol. The Kier molecular flexibility index (Phi) is 3.86. The van der Waals surface area contributed by atoms with Crippen LogP contribution in [0.2, 0.25) is 0 Å². The lowest BCUT2D eigenvalue weighted by atomic mass is 10.0. The Balaban J connectivity index is 2.87. The maximum atomic E-state index is 11.8. The van der Waals surface area contributed by atoms with E-state index >= 15 is 0 Å². The van der Waals surface area contributed by atoms with Gasteiger partial charge in [-0.3, -0.25) is 4.79 Å². The zero-order valence-electron chi connectivity index (χ0n) is 9.50. The molecule has 3 N–H and O–H groups in total. The van der Waals surface area contributed by atoms with Crippen LogP contribution in [0.4, 0.5) is 0 Å². The number of rotatable bonds is 3. The van der Waals surface area contributed by atoms with Crippen molar-refractivity contribution in [3.05, 3.63) is 34.9 Å². The van der Waals surface area contributed by atoms with Crippen LogP contribution in [-0.4, -0.2) is 18.5 Å². The van der Waals surface area contributed by atoms with Gasteiger partial charge >= 0.3 is 0 Å². The molecule has 15 heavy (non-hydrogen) atoms. The SMILES string of the molecule is Cc1cccc(C(=O)N[C@H](C)CN)c1C. The number of hydrogen-bond donors (Lipinski definition) is 2. The molecule has 0 saturated heterocycles. The molecule has 0 saturated carbocycles. The van der Waals surface area contributed by atoms with Crippen LogP contribution in [0.15, 0.2) is 18.2 Å². The summed E-state index contributed by atoms with van der Waals surface area (Å²) in [6, 6.07) is 5.74. The minimum absolute atomic E-state index is 0.0115. The summed E-state index contributed by atoms with van der Waals surface area (Å²) < 4.78 is 0. The molecule has 3 nitrogen and oxygen atoms in total. The molecule has 1 aromatic rings. The first kappa shape index (κ1) is 11.7. The van der Waals surface area contributed by atoms with Crippen LogP contribution in [0.3, 0.4) is 0 Å². The zero-order chi connectivity index (χ0) is 11.4. The molecule has 0 fully saturated rings. The first-order chi connectivity index (χ1) is 7.06. The van der Waals surface area contributed by atoms with E-state index in [9.17, 15) is 4.79 Å². The summed E-state index contributed by atoms with van der Waals surface area (Å²) in [7, 11) is 0. The molecular weight excluding hydrogens is 188 g/mol. The van der Waals surface area contributed by atoms with Crippen molar-refractivity contribution in [3.8, 4) is 0 Å². The van der Waals surface area contributed by atoms with Crippen molar-refractivity contribution in [1.82, 2.24) is 5.32 Å². The van der Waals surface area contributed by atoms with Gasteiger partial charge in [-0.2, -0.15) is 0 Å². The second kappa shape index (κ2) is 4.94. The number of carbonyl (C=O) groups excluding carboxylic acids is 1. The van der Waals surface area contributed by atoms with Gasteiger partial charge in [-0.15, -0.1) is 0 Å². The Morgan fingerprint density at radius 1 is 1.47 bits per heavy atom. The van der Waals surface area contributed by atoms with Gasteiger partial charge in [0.25, 0.3) is 5.91 Å². The third-order valence-electron chi connectivity index (χ3n) is 2.58. The lowest BCUT2D eigenvalue weighted by Crippen LogP contribution is -2.38. The van der Waals surface area contributed by atoms with Gasteiger partial charge in [0.05, 0.1) is 0 Å². The number of hydrogen-bond acceptors (Lipinski definition) is 2. The molecule has 0 bridgehead atoms. The molecule has 0 aliphatic heterocycles. The summed E-state index contributed by atoms with van der Waals surface area (Å²) in [5.41, 5.74) is 8.34. The van der Waals surface area contributed by atoms with Gasteiger partial charge in [0.1, 0.15) is 0 Å². The van der Waals surface area contributed by atoms with Crippen molar-refractivity contribution in [2.45, 2.75) is 26.8 Å². The summed E-state index contributed by atoms with van der Waals surface area (Å²) in [4.78, 5) is 11.8. The summed E-state index contributed by atoms with van der Waals surface area (Å²) in [5, 5.41) is 2.85. The molecule has 1 atom stereocenters. The molecule has 0 unspecified atom stereocenters. The Hall–Kier alpha value is -1.35. The molecule has 1 amide bonds. The average Bonchev–Trinajstić information content (AvgIpc) is 2.21. The van der Waals surface area contributed by atoms with Crippen LogP contribution >= 0.6 is 0 Å². The van der Waals surface area contributed by atoms with Crippen LogP contribution in [0.1, 0.15) is 28.4 Å². The highest BCUT2D eigenvalue weighted by Gasteiger charge is 2.11. The zero-order valence-corrected chi connectivity index (χ0v) is 9.50. The van der Waals surface area contributed by atoms with Crippen molar-refractivity contribution in [3.63, 3.8) is 0 Å². The van der Waals surface area contributed by atoms with E-state index in [-0.39, 0.29) is 11.9 Å². The van der Waals surface area contributed by atoms with E-state index in [2.05, 4.69) is 5.32 Å². The van der Waals surface area contributed by atoms with Crippen LogP contribution in [0, 0.1) is 13.8 Å². The topological polar surface area (TPSA) is 55.1 Å². The largest absolute Gasteiger partial charge is 0.348 e. The van der Waals surface area contributed by atoms with E-state index in [1.807, 2.05) is 39.0 Å². The van der Waals surface area contributed by atoms with Crippen LogP contribution in [-0.2, 0) is 0 Å². The minimum atomic E-state index is -0.0471. The fourth-order valence-electron chi connectivity index (χ4n) is 1.36. The lowest BCUT2D eigenvalue weighted by Gasteiger charge is -2.13. The fourth-order valence-corrected chi connectivity index (χ4v) is 1.36. The standard InChI is InChI=1S/C12H18N2O/c1-8-5-4-6-11(10(8)3)12(15)14-9(2)7-13/h4-6,9H,7,13H2,1-3H3,(H,14,15)/t9-/m1/s1. The fraction of sp³-hybridized carbons (Fsp3) is 0.417. The first-order valence-corrected chi connectivity index (χ1v) is 5.13. The van der Waals surface area contributed by atoms with Gasteiger partial charge in [-0.1, -0.05) is 12.1 Å². The first-order valence-electron chi connectivity index (χ1n) is 5.13. The van der Waals surface area contributed by atoms with Crippen molar-refractivity contribution in [2.75, 3.05) is 6.54 Å². The van der Waals surface area contributed by atoms with E-state index in [1.165, 1.54) is 0 Å². The van der Waals surface area contributed by atoms with Gasteiger partial charge < -0.3 is 11.1 Å². The highest BCUT2D eigenvalue weighted by molar-refractivity contribution is 5.96. The second-order valence-electron chi connectivity index (χ2n) is 3.86. The van der Waals surface area contributed by atoms with E-state index < -0.39 is 0 Å². The van der Waals surface area contributed by atoms with Gasteiger partial charge in [0, 0.05) is 18.2 Å². The van der Waals surface area contributed by atoms with Gasteiger partial charge in [-0.25, -0.2) is 0 Å². The number of aryl methyl sites for hydroxylation is 1. The molecule has 0 aromatic heterocycles. The Bertz CT molecular complexity index is 361. The number of benzene rings is 1. The molecule has 0 aliphatic rings. The summed E-state index contributed by atoms with van der Waals surface area (Å²) >= 11 is 0. The van der Waals surface area contributed by atoms with Gasteiger partial charge in [0.2, 0.25) is 0 Å². The predicted octanol–water partition coefficient (Wildman–Crippen LogP) is 1.38. The van der Waals surface area contributed by atoms with Crippen molar-refractivity contribution >= 4 is 5.91 Å². The lowest BCUT2D eigenvalue weighted by molar-refractivity contribution is 0.0940. The molecule has 82 valence electrons. The van der Waals surface area contributed by atoms with Crippen molar-refractivity contribution < 1.29 is 4.79 Å². The molecule has 3 heteroatoms. The van der Waals surface area contributed by atoms with Crippen molar-refractivity contribution in [1.29, 1.82) is 0 Å². The monoisotopic (exact) mass is 206 g/mol. The minimum Gasteiger partial charge on any atom is -0.348 e. The highest BCUT2D eigenvalue weighted by Crippen LogP contribution is 2.12. The van der Waals surface area contributed by atoms with Crippen molar-refractivity contribution in [2.24, 2.45) is 5.73 Å². The van der Waals surface area contributed by atoms with E-state index in [1.54, 1.807) is 0 Å². The maximum Gasteiger partial charge on any atom is 0.251 e. The van der Waals surface area contributed by atoms with E-state index in [0.717, 1.165) is 16.7 Å². The van der Waals surface area contributed by atoms with Crippen LogP contribution < -0.4 is 11.1 Å². The van der Waals surface area contributed by atoms with Crippen LogP contribution in [0.25, 0.3) is 0 Å². The normalized spacial score (nSPS) is 12.3. The quantitative estimate of drug-likeness (QED) is 0.785. The number of carbonyl (C=O) groups is 1. The van der Waals surface area contributed by atoms with Crippen LogP contribution in [0.5, 0.6) is 0 Å². The number of nitrogens with two attached hydrogens (primary N) is 1. The second-order valence-corrected chi connectivity index (χ2v) is 3.86. The Morgan fingerprint density at radius 2 is 2.13 bits per heavy atom. The molecule has 0 heterocycles. The molecule has 1 aromatic carbocycles. The summed E-state index contributed by atoms with van der Waals surface area (Å²) in [6.07, 6.45) is 0. The number of amides is 1. The van der Waals surface area contributed by atoms with Gasteiger partial charge in [0.15, 0.2) is 0 Å². The summed E-state index contributed by atoms with van der Waals surface area (Å²) in [5.74, 6) is -0.0471. The highest BCUT2D eigenvalue weighted by atomic mass is 16.1. The smallest absolute Gasteiger partial charge is 0.251 e. The Labute approximate surface area is 90.7 Å². The third kappa shape index (κ3) is 2.80. The van der Waals surface area contributed by atoms with E-state index in [0.29, 0.717) is 6.54 Å². The molecule has 0 radical (unpaired) electrons.